The maximum Gasteiger partial charge on any atom is 0.409 e. The van der Waals surface area contributed by atoms with Crippen molar-refractivity contribution in [2.24, 2.45) is 5.92 Å². The first-order valence-corrected chi connectivity index (χ1v) is 7.21. The van der Waals surface area contributed by atoms with E-state index >= 15 is 0 Å². The summed E-state index contributed by atoms with van der Waals surface area (Å²) >= 11 is 0. The minimum absolute atomic E-state index is 0.0232. The van der Waals surface area contributed by atoms with Crippen molar-refractivity contribution in [3.63, 3.8) is 0 Å². The molecule has 0 spiro atoms. The van der Waals surface area contributed by atoms with Gasteiger partial charge < -0.3 is 14.3 Å². The average Bonchev–Trinajstić information content (AvgIpc) is 2.28. The summed E-state index contributed by atoms with van der Waals surface area (Å²) in [5.41, 5.74) is -0.554. The number of rotatable bonds is 8. The highest BCUT2D eigenvalue weighted by atomic mass is 16.6. The quantitative estimate of drug-likeness (QED) is 0.696. The zero-order chi connectivity index (χ0) is 15.8. The van der Waals surface area contributed by atoms with Gasteiger partial charge in [-0.25, -0.2) is 4.79 Å². The Morgan fingerprint density at radius 3 is 2.25 bits per heavy atom. The number of hydrogen-bond acceptors (Lipinski definition) is 4. The maximum atomic E-state index is 11.8. The summed E-state index contributed by atoms with van der Waals surface area (Å²) in [4.78, 5) is 23.1. The predicted molar refractivity (Wildman–Crippen MR) is 78.5 cm³/mol. The van der Waals surface area contributed by atoms with E-state index in [1.54, 1.807) is 27.7 Å². The standard InChI is InChI=1S/C15H29NO4/c1-7-8-9-12(10-11(2)17)13(19-6)16-14(18)20-15(3,4)5/h12-13H,7-10H2,1-6H3,(H,16,18)/t12-,13+/m1/s1. The van der Waals surface area contributed by atoms with Crippen LogP contribution in [0.25, 0.3) is 0 Å². The second-order valence-corrected chi connectivity index (χ2v) is 6.11. The minimum atomic E-state index is -0.554. The summed E-state index contributed by atoms with van der Waals surface area (Å²) in [6.45, 7) is 9.06. The Hall–Kier alpha value is -1.10. The van der Waals surface area contributed by atoms with E-state index in [-0.39, 0.29) is 11.7 Å². The van der Waals surface area contributed by atoms with E-state index in [0.717, 1.165) is 19.3 Å². The molecule has 0 rings (SSSR count). The Morgan fingerprint density at radius 2 is 1.85 bits per heavy atom. The number of unbranched alkanes of at least 4 members (excludes halogenated alkanes) is 1. The molecule has 0 aromatic carbocycles. The SMILES string of the molecule is CCCC[C@H](CC(C)=O)[C@@H](NC(=O)OC(C)(C)C)OC. The number of methoxy groups -OCH3 is 1. The molecule has 0 bridgehead atoms. The maximum absolute atomic E-state index is 11.8. The normalized spacial score (nSPS) is 14.5. The minimum Gasteiger partial charge on any atom is -0.444 e. The predicted octanol–water partition coefficient (Wildman–Crippen LogP) is 3.27. The fraction of sp³-hybridized carbons (Fsp3) is 0.867. The van der Waals surface area contributed by atoms with Crippen molar-refractivity contribution in [2.45, 2.75) is 72.1 Å². The van der Waals surface area contributed by atoms with Gasteiger partial charge in [0.2, 0.25) is 0 Å². The van der Waals surface area contributed by atoms with E-state index in [1.807, 2.05) is 0 Å². The first-order chi connectivity index (χ1) is 9.19. The third-order valence-electron chi connectivity index (χ3n) is 2.82. The lowest BCUT2D eigenvalue weighted by molar-refractivity contribution is -0.119. The molecular weight excluding hydrogens is 258 g/mol. The molecule has 0 radical (unpaired) electrons. The fourth-order valence-corrected chi connectivity index (χ4v) is 1.99. The first kappa shape index (κ1) is 18.9. The highest BCUT2D eigenvalue weighted by Gasteiger charge is 2.26. The van der Waals surface area contributed by atoms with Crippen molar-refractivity contribution < 1.29 is 19.1 Å². The number of hydrogen-bond donors (Lipinski definition) is 1. The van der Waals surface area contributed by atoms with Gasteiger partial charge in [-0.2, -0.15) is 0 Å². The Morgan fingerprint density at radius 1 is 1.25 bits per heavy atom. The Labute approximate surface area is 122 Å². The number of alkyl carbamates (subject to hydrolysis) is 1. The smallest absolute Gasteiger partial charge is 0.409 e. The second kappa shape index (κ2) is 8.95. The third kappa shape index (κ3) is 8.91. The van der Waals surface area contributed by atoms with Crippen LogP contribution in [0, 0.1) is 5.92 Å². The largest absolute Gasteiger partial charge is 0.444 e. The van der Waals surface area contributed by atoms with Gasteiger partial charge in [0.05, 0.1) is 0 Å². The van der Waals surface area contributed by atoms with Crippen LogP contribution in [-0.2, 0) is 14.3 Å². The van der Waals surface area contributed by atoms with Crippen LogP contribution in [-0.4, -0.2) is 30.8 Å². The van der Waals surface area contributed by atoms with Gasteiger partial charge >= 0.3 is 6.09 Å². The first-order valence-electron chi connectivity index (χ1n) is 7.21. The molecule has 20 heavy (non-hydrogen) atoms. The van der Waals surface area contributed by atoms with E-state index < -0.39 is 17.9 Å². The summed E-state index contributed by atoms with van der Waals surface area (Å²) in [7, 11) is 1.53. The molecule has 0 saturated carbocycles. The highest BCUT2D eigenvalue weighted by Crippen LogP contribution is 2.19. The van der Waals surface area contributed by atoms with E-state index in [4.69, 9.17) is 9.47 Å². The van der Waals surface area contributed by atoms with Gasteiger partial charge in [-0.1, -0.05) is 19.8 Å². The van der Waals surface area contributed by atoms with Crippen molar-refractivity contribution in [2.75, 3.05) is 7.11 Å². The molecule has 0 aliphatic carbocycles. The summed E-state index contributed by atoms with van der Waals surface area (Å²) in [5.74, 6) is 0.0733. The van der Waals surface area contributed by atoms with Gasteiger partial charge in [-0.05, 0) is 34.1 Å². The van der Waals surface area contributed by atoms with Crippen LogP contribution in [0.1, 0.15) is 60.3 Å². The highest BCUT2D eigenvalue weighted by molar-refractivity contribution is 5.76. The average molecular weight is 287 g/mol. The van der Waals surface area contributed by atoms with Crippen LogP contribution in [0.2, 0.25) is 0 Å². The molecule has 0 aliphatic rings. The van der Waals surface area contributed by atoms with Crippen LogP contribution in [0.15, 0.2) is 0 Å². The Bertz CT molecular complexity index is 309. The number of Topliss-reactive ketones (excluding diaryl/α,β-unsaturated/α-hetero) is 1. The molecule has 1 N–H and O–H groups in total. The summed E-state index contributed by atoms with van der Waals surface area (Å²) in [6, 6.07) is 0. The zero-order valence-electron chi connectivity index (χ0n) is 13.6. The van der Waals surface area contributed by atoms with E-state index in [9.17, 15) is 9.59 Å². The van der Waals surface area contributed by atoms with Crippen LogP contribution in [0.3, 0.4) is 0 Å². The molecule has 0 aromatic heterocycles. The van der Waals surface area contributed by atoms with Crippen LogP contribution in [0.5, 0.6) is 0 Å². The monoisotopic (exact) mass is 287 g/mol. The molecule has 118 valence electrons. The number of ketones is 1. The summed E-state index contributed by atoms with van der Waals surface area (Å²) < 4.78 is 10.5. The van der Waals surface area contributed by atoms with Gasteiger partial charge in [0.25, 0.3) is 0 Å². The van der Waals surface area contributed by atoms with Gasteiger partial charge in [-0.15, -0.1) is 0 Å². The van der Waals surface area contributed by atoms with E-state index in [0.29, 0.717) is 6.42 Å². The molecule has 2 atom stereocenters. The molecule has 0 aromatic rings. The molecule has 0 heterocycles. The molecule has 0 fully saturated rings. The number of carbonyl (C=O) groups is 2. The summed E-state index contributed by atoms with van der Waals surface area (Å²) in [5, 5.41) is 2.70. The number of carbonyl (C=O) groups excluding carboxylic acids is 2. The third-order valence-corrected chi connectivity index (χ3v) is 2.82. The molecule has 0 saturated heterocycles. The summed E-state index contributed by atoms with van der Waals surface area (Å²) in [6.07, 6.45) is 2.25. The lowest BCUT2D eigenvalue weighted by Crippen LogP contribution is -2.44. The van der Waals surface area contributed by atoms with Crippen LogP contribution < -0.4 is 5.32 Å². The van der Waals surface area contributed by atoms with Crippen LogP contribution in [0.4, 0.5) is 4.79 Å². The lowest BCUT2D eigenvalue weighted by atomic mass is 9.94. The Kier molecular flexibility index (Phi) is 8.46. The molecule has 5 nitrogen and oxygen atoms in total. The van der Waals surface area contributed by atoms with Gasteiger partial charge in [0.1, 0.15) is 17.6 Å². The number of nitrogens with one attached hydrogen (secondary N) is 1. The molecular formula is C15H29NO4. The molecule has 0 aliphatic heterocycles. The zero-order valence-corrected chi connectivity index (χ0v) is 13.6. The van der Waals surface area contributed by atoms with Crippen molar-refractivity contribution >= 4 is 11.9 Å². The van der Waals surface area contributed by atoms with Crippen molar-refractivity contribution in [3.8, 4) is 0 Å². The molecule has 5 heteroatoms. The topological polar surface area (TPSA) is 64.6 Å². The lowest BCUT2D eigenvalue weighted by Gasteiger charge is -2.28. The number of amides is 1. The number of ether oxygens (including phenoxy) is 2. The fourth-order valence-electron chi connectivity index (χ4n) is 1.99. The second-order valence-electron chi connectivity index (χ2n) is 6.11. The van der Waals surface area contributed by atoms with Gasteiger partial charge in [0, 0.05) is 19.4 Å². The molecule has 0 unspecified atom stereocenters. The van der Waals surface area contributed by atoms with Gasteiger partial charge in [-0.3, -0.25) is 5.32 Å². The van der Waals surface area contributed by atoms with Crippen molar-refractivity contribution in [1.29, 1.82) is 0 Å². The van der Waals surface area contributed by atoms with Crippen molar-refractivity contribution in [3.05, 3.63) is 0 Å². The van der Waals surface area contributed by atoms with E-state index in [2.05, 4.69) is 12.2 Å². The Balaban J connectivity index is 4.63. The van der Waals surface area contributed by atoms with Crippen LogP contribution >= 0.6 is 0 Å². The van der Waals surface area contributed by atoms with E-state index in [1.165, 1.54) is 7.11 Å². The van der Waals surface area contributed by atoms with Gasteiger partial charge in [0.15, 0.2) is 0 Å². The molecule has 1 amide bonds. The van der Waals surface area contributed by atoms with Crippen molar-refractivity contribution in [1.82, 2.24) is 5.32 Å².